The van der Waals surface area contributed by atoms with Crippen molar-refractivity contribution in [1.82, 2.24) is 15.8 Å². The summed E-state index contributed by atoms with van der Waals surface area (Å²) < 4.78 is 0. The molecule has 0 bridgehead atoms. The van der Waals surface area contributed by atoms with Gasteiger partial charge in [-0.1, -0.05) is 0 Å². The molecule has 1 atom stereocenters. The minimum Gasteiger partial charge on any atom is -0.270 e. The molecule has 0 radical (unpaired) electrons. The van der Waals surface area contributed by atoms with Gasteiger partial charge in [-0.2, -0.15) is 5.26 Å². The van der Waals surface area contributed by atoms with Crippen molar-refractivity contribution >= 4 is 11.6 Å². The Morgan fingerprint density at radius 2 is 2.56 bits per heavy atom. The first-order valence-electron chi connectivity index (χ1n) is 4.54. The molecular formula is C10H8N4O2. The summed E-state index contributed by atoms with van der Waals surface area (Å²) in [5.74, 6) is -0.506. The summed E-state index contributed by atoms with van der Waals surface area (Å²) in [4.78, 5) is 20.2. The van der Waals surface area contributed by atoms with Crippen molar-refractivity contribution in [3.63, 3.8) is 0 Å². The maximum atomic E-state index is 11.3. The van der Waals surface area contributed by atoms with Crippen LogP contribution in [0.15, 0.2) is 30.6 Å². The molecule has 0 saturated carbocycles. The second kappa shape index (κ2) is 4.42. The Morgan fingerprint density at radius 1 is 1.69 bits per heavy atom. The monoisotopic (exact) mass is 216 g/mol. The van der Waals surface area contributed by atoms with Crippen molar-refractivity contribution in [2.24, 2.45) is 0 Å². The van der Waals surface area contributed by atoms with Crippen molar-refractivity contribution in [3.8, 4) is 6.19 Å². The van der Waals surface area contributed by atoms with E-state index in [9.17, 15) is 4.79 Å². The Bertz CT molecular complexity index is 463. The van der Waals surface area contributed by atoms with E-state index in [0.29, 0.717) is 5.70 Å². The van der Waals surface area contributed by atoms with Gasteiger partial charge in [0.25, 0.3) is 5.91 Å². The largest absolute Gasteiger partial charge is 0.270 e. The smallest absolute Gasteiger partial charge is 0.268 e. The van der Waals surface area contributed by atoms with E-state index in [2.05, 4.69) is 10.5 Å². The highest BCUT2D eigenvalue weighted by Crippen LogP contribution is 2.17. The number of pyridine rings is 1. The number of carbonyl (C=O) groups excluding carboxylic acids is 1. The van der Waals surface area contributed by atoms with Crippen LogP contribution in [0.1, 0.15) is 5.56 Å². The van der Waals surface area contributed by atoms with Crippen LogP contribution in [0.2, 0.25) is 0 Å². The molecule has 80 valence electrons. The van der Waals surface area contributed by atoms with Crippen LogP contribution in [0.5, 0.6) is 0 Å². The third-order valence-electron chi connectivity index (χ3n) is 2.02. The third kappa shape index (κ3) is 1.99. The average Bonchev–Trinajstić information content (AvgIpc) is 2.80. The van der Waals surface area contributed by atoms with Gasteiger partial charge in [-0.25, -0.2) is 0 Å². The van der Waals surface area contributed by atoms with E-state index < -0.39 is 12.0 Å². The lowest BCUT2D eigenvalue weighted by molar-refractivity contribution is -0.129. The average molecular weight is 216 g/mol. The van der Waals surface area contributed by atoms with Crippen LogP contribution < -0.4 is 10.8 Å². The topological polar surface area (TPSA) is 87.0 Å². The molecule has 0 fully saturated rings. The van der Waals surface area contributed by atoms with Crippen LogP contribution in [0.25, 0.3) is 5.70 Å². The van der Waals surface area contributed by atoms with Gasteiger partial charge in [-0.3, -0.25) is 25.4 Å². The first-order valence-corrected chi connectivity index (χ1v) is 4.54. The van der Waals surface area contributed by atoms with Crippen LogP contribution in [0.4, 0.5) is 0 Å². The maximum Gasteiger partial charge on any atom is 0.268 e. The summed E-state index contributed by atoms with van der Waals surface area (Å²) in [5, 5.41) is 10.3. The Morgan fingerprint density at radius 3 is 3.25 bits per heavy atom. The molecule has 0 spiro atoms. The zero-order valence-electron chi connectivity index (χ0n) is 8.18. The molecule has 0 aromatic carbocycles. The minimum absolute atomic E-state index is 0.506. The highest BCUT2D eigenvalue weighted by atomic mass is 16.7. The first-order chi connectivity index (χ1) is 7.81. The van der Waals surface area contributed by atoms with Gasteiger partial charge < -0.3 is 0 Å². The molecule has 0 saturated heterocycles. The molecule has 2 rings (SSSR count). The van der Waals surface area contributed by atoms with Crippen molar-refractivity contribution in [2.45, 2.75) is 6.10 Å². The Balaban J connectivity index is 2.13. The van der Waals surface area contributed by atoms with Crippen molar-refractivity contribution in [1.29, 1.82) is 5.26 Å². The summed E-state index contributed by atoms with van der Waals surface area (Å²) in [6.07, 6.45) is 5.64. The normalized spacial score (nSPS) is 18.2. The van der Waals surface area contributed by atoms with Crippen LogP contribution in [0, 0.1) is 11.5 Å². The standard InChI is InChI=1S/C10H8N4O2/c11-6-13-10(15)9-4-8(14-16-9)7-2-1-3-12-5-7/h1-5,9,14H,(H,13,15). The van der Waals surface area contributed by atoms with E-state index >= 15 is 0 Å². The molecule has 6 nitrogen and oxygen atoms in total. The van der Waals surface area contributed by atoms with Crippen LogP contribution in [0.3, 0.4) is 0 Å². The van der Waals surface area contributed by atoms with Gasteiger partial charge in [0.15, 0.2) is 12.3 Å². The Kier molecular flexibility index (Phi) is 2.80. The number of amides is 1. The Labute approximate surface area is 91.5 Å². The van der Waals surface area contributed by atoms with Crippen LogP contribution >= 0.6 is 0 Å². The molecule has 1 aromatic rings. The number of nitrogens with zero attached hydrogens (tertiary/aromatic N) is 2. The van der Waals surface area contributed by atoms with Gasteiger partial charge >= 0.3 is 0 Å². The quantitative estimate of drug-likeness (QED) is 0.533. The summed E-state index contributed by atoms with van der Waals surface area (Å²) in [5.41, 5.74) is 4.09. The molecule has 2 heterocycles. The van der Waals surface area contributed by atoms with Gasteiger partial charge in [0.2, 0.25) is 0 Å². The summed E-state index contributed by atoms with van der Waals surface area (Å²) in [6, 6.07) is 3.61. The van der Waals surface area contributed by atoms with Crippen molar-refractivity contribution in [2.75, 3.05) is 0 Å². The van der Waals surface area contributed by atoms with Crippen LogP contribution in [-0.2, 0) is 9.63 Å². The molecule has 6 heteroatoms. The predicted octanol–water partition coefficient (Wildman–Crippen LogP) is -0.0768. The van der Waals surface area contributed by atoms with Gasteiger partial charge in [0.1, 0.15) is 0 Å². The lowest BCUT2D eigenvalue weighted by atomic mass is 10.2. The maximum absolute atomic E-state index is 11.3. The lowest BCUT2D eigenvalue weighted by Crippen LogP contribution is -2.31. The highest BCUT2D eigenvalue weighted by molar-refractivity contribution is 5.87. The SMILES string of the molecule is N#CNC(=O)C1C=C(c2cccnc2)NO1. The molecule has 1 unspecified atom stereocenters. The molecule has 2 N–H and O–H groups in total. The first kappa shape index (κ1) is 10.1. The number of hydrogen-bond acceptors (Lipinski definition) is 5. The van der Waals surface area contributed by atoms with Crippen LogP contribution in [-0.4, -0.2) is 17.0 Å². The van der Waals surface area contributed by atoms with E-state index in [1.165, 1.54) is 0 Å². The minimum atomic E-state index is -0.796. The zero-order chi connectivity index (χ0) is 11.4. The summed E-state index contributed by atoms with van der Waals surface area (Å²) in [7, 11) is 0. The van der Waals surface area contributed by atoms with E-state index in [1.54, 1.807) is 30.7 Å². The Hall–Kier alpha value is -2.39. The fourth-order valence-corrected chi connectivity index (χ4v) is 1.28. The second-order valence-corrected chi connectivity index (χ2v) is 3.06. The number of hydrogen-bond donors (Lipinski definition) is 2. The molecule has 1 aromatic heterocycles. The second-order valence-electron chi connectivity index (χ2n) is 3.06. The molecule has 1 aliphatic rings. The molecule has 16 heavy (non-hydrogen) atoms. The molecule has 0 aliphatic carbocycles. The van der Waals surface area contributed by atoms with Gasteiger partial charge in [-0.05, 0) is 18.2 Å². The van der Waals surface area contributed by atoms with Crippen molar-refractivity contribution < 1.29 is 9.63 Å². The number of nitriles is 1. The number of nitrogens with one attached hydrogen (secondary N) is 2. The number of aromatic nitrogens is 1. The number of hydroxylamine groups is 1. The number of rotatable bonds is 2. The van der Waals surface area contributed by atoms with Crippen molar-refractivity contribution in [3.05, 3.63) is 36.2 Å². The van der Waals surface area contributed by atoms with E-state index in [4.69, 9.17) is 10.1 Å². The number of carbonyl (C=O) groups is 1. The highest BCUT2D eigenvalue weighted by Gasteiger charge is 2.24. The fourth-order valence-electron chi connectivity index (χ4n) is 1.28. The fraction of sp³-hybridized carbons (Fsp3) is 0.100. The van der Waals surface area contributed by atoms with E-state index in [-0.39, 0.29) is 0 Å². The summed E-state index contributed by atoms with van der Waals surface area (Å²) in [6.45, 7) is 0. The predicted molar refractivity (Wildman–Crippen MR) is 54.0 cm³/mol. The summed E-state index contributed by atoms with van der Waals surface area (Å²) >= 11 is 0. The molecular weight excluding hydrogens is 208 g/mol. The van der Waals surface area contributed by atoms with E-state index in [0.717, 1.165) is 5.56 Å². The molecule has 1 aliphatic heterocycles. The zero-order valence-corrected chi connectivity index (χ0v) is 8.18. The lowest BCUT2D eigenvalue weighted by Gasteiger charge is -2.03. The third-order valence-corrected chi connectivity index (χ3v) is 2.02. The van der Waals surface area contributed by atoms with Gasteiger partial charge in [0.05, 0.1) is 5.70 Å². The van der Waals surface area contributed by atoms with Gasteiger partial charge in [0, 0.05) is 18.0 Å². The van der Waals surface area contributed by atoms with E-state index in [1.807, 2.05) is 11.4 Å². The van der Waals surface area contributed by atoms with Gasteiger partial charge in [-0.15, -0.1) is 0 Å². The molecule has 1 amide bonds.